The number of nitrogens with two attached hydrogens (primary N) is 1. The van der Waals surface area contributed by atoms with Crippen molar-refractivity contribution in [2.24, 2.45) is 16.6 Å². The van der Waals surface area contributed by atoms with E-state index < -0.39 is 0 Å². The summed E-state index contributed by atoms with van der Waals surface area (Å²) in [5, 5.41) is 3.18. The third-order valence-electron chi connectivity index (χ3n) is 5.02. The van der Waals surface area contributed by atoms with Gasteiger partial charge in [-0.3, -0.25) is 0 Å². The Hall–Kier alpha value is -2.00. The average Bonchev–Trinajstić information content (AvgIpc) is 3.26. The SMILES string of the molecule is COc1ccc(CCNC(N)=NCc2ccc(C)cc2OCC2CCOC2)cc1.I. The molecule has 0 aromatic heterocycles. The van der Waals surface area contributed by atoms with Gasteiger partial charge in [-0.05, 0) is 49.1 Å². The molecular formula is C23H32IN3O3. The lowest BCUT2D eigenvalue weighted by molar-refractivity contribution is 0.166. The van der Waals surface area contributed by atoms with Gasteiger partial charge in [0.25, 0.3) is 0 Å². The normalized spacial score (nSPS) is 16.1. The van der Waals surface area contributed by atoms with Crippen molar-refractivity contribution in [2.75, 3.05) is 33.5 Å². The van der Waals surface area contributed by atoms with E-state index in [1.54, 1.807) is 7.11 Å². The van der Waals surface area contributed by atoms with Crippen molar-refractivity contribution in [1.82, 2.24) is 5.32 Å². The predicted octanol–water partition coefficient (Wildman–Crippen LogP) is 3.68. The molecule has 1 aliphatic rings. The molecule has 7 heteroatoms. The lowest BCUT2D eigenvalue weighted by Crippen LogP contribution is -2.33. The first-order chi connectivity index (χ1) is 14.1. The Morgan fingerprint density at radius 2 is 2.03 bits per heavy atom. The number of rotatable bonds is 9. The zero-order chi connectivity index (χ0) is 20.5. The van der Waals surface area contributed by atoms with Crippen molar-refractivity contribution < 1.29 is 14.2 Å². The lowest BCUT2D eigenvalue weighted by atomic mass is 10.1. The first-order valence-corrected chi connectivity index (χ1v) is 10.1. The highest BCUT2D eigenvalue weighted by molar-refractivity contribution is 14.0. The number of nitrogens with one attached hydrogen (secondary N) is 1. The van der Waals surface area contributed by atoms with Gasteiger partial charge in [-0.1, -0.05) is 24.3 Å². The molecule has 2 aromatic carbocycles. The van der Waals surface area contributed by atoms with Gasteiger partial charge in [-0.25, -0.2) is 4.99 Å². The Morgan fingerprint density at radius 1 is 1.23 bits per heavy atom. The van der Waals surface area contributed by atoms with Crippen LogP contribution < -0.4 is 20.5 Å². The van der Waals surface area contributed by atoms with Gasteiger partial charge < -0.3 is 25.3 Å². The van der Waals surface area contributed by atoms with Crippen molar-refractivity contribution in [3.05, 3.63) is 59.2 Å². The smallest absolute Gasteiger partial charge is 0.188 e. The van der Waals surface area contributed by atoms with Gasteiger partial charge in [0.05, 0.1) is 26.9 Å². The number of hydrogen-bond acceptors (Lipinski definition) is 4. The number of ether oxygens (including phenoxy) is 3. The van der Waals surface area contributed by atoms with Crippen LogP contribution in [0.1, 0.15) is 23.1 Å². The monoisotopic (exact) mass is 525 g/mol. The molecule has 0 radical (unpaired) electrons. The van der Waals surface area contributed by atoms with Crippen LogP contribution in [-0.2, 0) is 17.7 Å². The molecule has 2 aromatic rings. The maximum Gasteiger partial charge on any atom is 0.188 e. The second-order valence-corrected chi connectivity index (χ2v) is 7.38. The summed E-state index contributed by atoms with van der Waals surface area (Å²) in [5.74, 6) is 2.65. The molecule has 0 amide bonds. The van der Waals surface area contributed by atoms with E-state index in [9.17, 15) is 0 Å². The predicted molar refractivity (Wildman–Crippen MR) is 131 cm³/mol. The third-order valence-corrected chi connectivity index (χ3v) is 5.02. The van der Waals surface area contributed by atoms with Gasteiger partial charge in [-0.2, -0.15) is 0 Å². The minimum atomic E-state index is 0. The van der Waals surface area contributed by atoms with Crippen LogP contribution >= 0.6 is 24.0 Å². The minimum Gasteiger partial charge on any atom is -0.497 e. The topological polar surface area (TPSA) is 78.1 Å². The molecule has 1 unspecified atom stereocenters. The van der Waals surface area contributed by atoms with Gasteiger partial charge in [0.2, 0.25) is 0 Å². The van der Waals surface area contributed by atoms with Crippen LogP contribution in [0.4, 0.5) is 0 Å². The molecule has 3 N–H and O–H groups in total. The molecule has 0 aliphatic carbocycles. The molecule has 3 rings (SSSR count). The van der Waals surface area contributed by atoms with Crippen LogP contribution in [0.2, 0.25) is 0 Å². The Labute approximate surface area is 196 Å². The van der Waals surface area contributed by atoms with E-state index >= 15 is 0 Å². The maximum atomic E-state index is 6.07. The van der Waals surface area contributed by atoms with Gasteiger partial charge in [0, 0.05) is 24.6 Å². The highest BCUT2D eigenvalue weighted by atomic mass is 127. The summed E-state index contributed by atoms with van der Waals surface area (Å²) in [6.07, 6.45) is 1.92. The summed E-state index contributed by atoms with van der Waals surface area (Å²) >= 11 is 0. The van der Waals surface area contributed by atoms with Gasteiger partial charge in [0.15, 0.2) is 5.96 Å². The Morgan fingerprint density at radius 3 is 2.73 bits per heavy atom. The van der Waals surface area contributed by atoms with Crippen molar-refractivity contribution in [1.29, 1.82) is 0 Å². The van der Waals surface area contributed by atoms with Crippen LogP contribution in [-0.4, -0.2) is 39.4 Å². The standard InChI is InChI=1S/C23H31N3O3.HI/c1-17-3-6-20(22(13-17)29-16-19-10-12-28-15-19)14-26-23(24)25-11-9-18-4-7-21(27-2)8-5-18;/h3-8,13,19H,9-12,14-16H2,1-2H3,(H3,24,25,26);1H. The van der Waals surface area contributed by atoms with Crippen LogP contribution in [0.3, 0.4) is 0 Å². The van der Waals surface area contributed by atoms with E-state index in [0.717, 1.165) is 49.7 Å². The molecule has 0 spiro atoms. The van der Waals surface area contributed by atoms with Crippen LogP contribution in [0.15, 0.2) is 47.5 Å². The Balaban J connectivity index is 0.00000320. The molecule has 164 valence electrons. The fourth-order valence-corrected chi connectivity index (χ4v) is 3.20. The molecule has 1 saturated heterocycles. The minimum absolute atomic E-state index is 0. The average molecular weight is 525 g/mol. The second-order valence-electron chi connectivity index (χ2n) is 7.38. The van der Waals surface area contributed by atoms with Gasteiger partial charge >= 0.3 is 0 Å². The number of guanidine groups is 1. The Kier molecular flexibility index (Phi) is 10.2. The molecule has 1 heterocycles. The fraction of sp³-hybridized carbons (Fsp3) is 0.435. The quantitative estimate of drug-likeness (QED) is 0.297. The number of hydrogen-bond donors (Lipinski definition) is 2. The van der Waals surface area contributed by atoms with E-state index in [-0.39, 0.29) is 24.0 Å². The van der Waals surface area contributed by atoms with E-state index in [4.69, 9.17) is 19.9 Å². The summed E-state index contributed by atoms with van der Waals surface area (Å²) in [4.78, 5) is 4.48. The van der Waals surface area contributed by atoms with E-state index in [0.29, 0.717) is 25.0 Å². The number of aliphatic imine (C=N–C) groups is 1. The molecule has 1 aliphatic heterocycles. The molecule has 6 nitrogen and oxygen atoms in total. The first-order valence-electron chi connectivity index (χ1n) is 10.1. The number of halogens is 1. The molecule has 0 bridgehead atoms. The summed E-state index contributed by atoms with van der Waals surface area (Å²) < 4.78 is 16.7. The molecule has 30 heavy (non-hydrogen) atoms. The fourth-order valence-electron chi connectivity index (χ4n) is 3.20. The van der Waals surface area contributed by atoms with Gasteiger partial charge in [0.1, 0.15) is 11.5 Å². The van der Waals surface area contributed by atoms with Gasteiger partial charge in [-0.15, -0.1) is 24.0 Å². The zero-order valence-corrected chi connectivity index (χ0v) is 20.1. The summed E-state index contributed by atoms with van der Waals surface area (Å²) in [6, 6.07) is 14.2. The molecule has 0 saturated carbocycles. The molecule has 1 fully saturated rings. The summed E-state index contributed by atoms with van der Waals surface area (Å²) in [6.45, 7) is 5.56. The number of nitrogens with zero attached hydrogens (tertiary/aromatic N) is 1. The van der Waals surface area contributed by atoms with Crippen molar-refractivity contribution in [2.45, 2.75) is 26.3 Å². The van der Waals surface area contributed by atoms with Crippen molar-refractivity contribution in [3.63, 3.8) is 0 Å². The lowest BCUT2D eigenvalue weighted by Gasteiger charge is -2.14. The first kappa shape index (κ1) is 24.3. The van der Waals surface area contributed by atoms with E-state index in [1.807, 2.05) is 12.1 Å². The highest BCUT2D eigenvalue weighted by Gasteiger charge is 2.17. The van der Waals surface area contributed by atoms with Crippen LogP contribution in [0.25, 0.3) is 0 Å². The second kappa shape index (κ2) is 12.6. The van der Waals surface area contributed by atoms with E-state index in [2.05, 4.69) is 47.6 Å². The number of benzene rings is 2. The largest absolute Gasteiger partial charge is 0.497 e. The van der Waals surface area contributed by atoms with Crippen LogP contribution in [0, 0.1) is 12.8 Å². The molecular weight excluding hydrogens is 493 g/mol. The highest BCUT2D eigenvalue weighted by Crippen LogP contribution is 2.23. The summed E-state index contributed by atoms with van der Waals surface area (Å²) in [7, 11) is 1.67. The molecule has 1 atom stereocenters. The number of methoxy groups -OCH3 is 1. The third kappa shape index (κ3) is 7.68. The maximum absolute atomic E-state index is 6.07. The number of aryl methyl sites for hydroxylation is 1. The van der Waals surface area contributed by atoms with Crippen LogP contribution in [0.5, 0.6) is 11.5 Å². The van der Waals surface area contributed by atoms with Crippen molar-refractivity contribution in [3.8, 4) is 11.5 Å². The van der Waals surface area contributed by atoms with Crippen molar-refractivity contribution >= 4 is 29.9 Å². The Bertz CT molecular complexity index is 806. The van der Waals surface area contributed by atoms with E-state index in [1.165, 1.54) is 11.1 Å². The zero-order valence-electron chi connectivity index (χ0n) is 17.7. The summed E-state index contributed by atoms with van der Waals surface area (Å²) in [5.41, 5.74) is 9.47.